The average molecular weight is 360 g/mol. The van der Waals surface area contributed by atoms with Gasteiger partial charge in [0.15, 0.2) is 0 Å². The Morgan fingerprint density at radius 2 is 1.58 bits per heavy atom. The van der Waals surface area contributed by atoms with Crippen molar-refractivity contribution in [3.8, 4) is 0 Å². The summed E-state index contributed by atoms with van der Waals surface area (Å²) < 4.78 is 0. The van der Waals surface area contributed by atoms with Gasteiger partial charge in [0, 0.05) is 82.6 Å². The molecule has 0 amide bonds. The highest BCUT2D eigenvalue weighted by atomic mass is 15.4. The summed E-state index contributed by atoms with van der Waals surface area (Å²) in [5, 5.41) is 3.76. The molecule has 0 aromatic heterocycles. The molecule has 6 fully saturated rings. The highest BCUT2D eigenvalue weighted by Gasteiger charge is 2.48. The average Bonchev–Trinajstić information content (AvgIpc) is 3.41. The van der Waals surface area contributed by atoms with Crippen molar-refractivity contribution < 1.29 is 0 Å². The molecule has 0 aromatic carbocycles. The molecular formula is C21H37N5. The van der Waals surface area contributed by atoms with E-state index >= 15 is 0 Å². The summed E-state index contributed by atoms with van der Waals surface area (Å²) in [6.07, 6.45) is 7.26. The van der Waals surface area contributed by atoms with Crippen LogP contribution in [-0.2, 0) is 0 Å². The number of nitrogens with one attached hydrogen (secondary N) is 1. The molecular weight excluding hydrogens is 322 g/mol. The summed E-state index contributed by atoms with van der Waals surface area (Å²) in [5.74, 6) is 1.98. The molecule has 5 heteroatoms. The van der Waals surface area contributed by atoms with Crippen molar-refractivity contribution in [2.75, 3.05) is 59.4 Å². The third-order valence-corrected chi connectivity index (χ3v) is 8.80. The molecule has 6 bridgehead atoms. The van der Waals surface area contributed by atoms with Gasteiger partial charge in [-0.05, 0) is 51.0 Å². The molecule has 6 aliphatic rings. The van der Waals surface area contributed by atoms with E-state index in [1.165, 1.54) is 84.5 Å². The van der Waals surface area contributed by atoms with Gasteiger partial charge in [0.2, 0.25) is 0 Å². The second kappa shape index (κ2) is 6.41. The van der Waals surface area contributed by atoms with Crippen LogP contribution in [-0.4, -0.2) is 109 Å². The lowest BCUT2D eigenvalue weighted by Crippen LogP contribution is -2.54. The van der Waals surface area contributed by atoms with E-state index in [1.807, 2.05) is 0 Å². The summed E-state index contributed by atoms with van der Waals surface area (Å²) >= 11 is 0. The molecule has 7 unspecified atom stereocenters. The standard InChI is InChI=1S/C21H37N5/c1-23-9-15-6-16(21(23)7-15)10-26-14-19-8-20(26)13-25(19)5-4-24-11-17-2-3-18(12-24)22-17/h15-22H,2-14H2,1H3. The van der Waals surface area contributed by atoms with Crippen molar-refractivity contribution in [3.05, 3.63) is 0 Å². The number of fused-ring (bicyclic) bond motifs is 6. The highest BCUT2D eigenvalue weighted by molar-refractivity contribution is 5.04. The van der Waals surface area contributed by atoms with Gasteiger partial charge in [0.1, 0.15) is 0 Å². The lowest BCUT2D eigenvalue weighted by atomic mass is 9.97. The smallest absolute Gasteiger partial charge is 0.0239 e. The first-order valence-electron chi connectivity index (χ1n) is 11.4. The second-order valence-electron chi connectivity index (χ2n) is 10.5. The van der Waals surface area contributed by atoms with E-state index in [2.05, 4.69) is 32.0 Å². The van der Waals surface area contributed by atoms with Gasteiger partial charge >= 0.3 is 0 Å². The fraction of sp³-hybridized carbons (Fsp3) is 1.00. The van der Waals surface area contributed by atoms with E-state index in [0.29, 0.717) is 0 Å². The van der Waals surface area contributed by atoms with Crippen molar-refractivity contribution in [1.82, 2.24) is 24.9 Å². The van der Waals surface area contributed by atoms with Gasteiger partial charge in [0.25, 0.3) is 0 Å². The lowest BCUT2D eigenvalue weighted by Gasteiger charge is -2.39. The van der Waals surface area contributed by atoms with E-state index in [1.54, 1.807) is 0 Å². The van der Waals surface area contributed by atoms with E-state index in [-0.39, 0.29) is 0 Å². The van der Waals surface area contributed by atoms with Crippen LogP contribution < -0.4 is 5.32 Å². The van der Waals surface area contributed by atoms with Crippen LogP contribution in [0.1, 0.15) is 32.1 Å². The van der Waals surface area contributed by atoms with Crippen LogP contribution in [0.25, 0.3) is 0 Å². The predicted molar refractivity (Wildman–Crippen MR) is 104 cm³/mol. The van der Waals surface area contributed by atoms with Gasteiger partial charge in [-0.3, -0.25) is 14.7 Å². The van der Waals surface area contributed by atoms with Crippen LogP contribution in [0.3, 0.4) is 0 Å². The highest BCUT2D eigenvalue weighted by Crippen LogP contribution is 2.42. The number of piperidine rings is 1. The Hall–Kier alpha value is -0.200. The number of rotatable bonds is 5. The molecule has 0 radical (unpaired) electrons. The minimum Gasteiger partial charge on any atom is -0.309 e. The largest absolute Gasteiger partial charge is 0.309 e. The first-order valence-corrected chi connectivity index (χ1v) is 11.4. The maximum absolute atomic E-state index is 3.76. The zero-order valence-corrected chi connectivity index (χ0v) is 16.5. The summed E-state index contributed by atoms with van der Waals surface area (Å²) in [7, 11) is 2.36. The van der Waals surface area contributed by atoms with Gasteiger partial charge in [-0.1, -0.05) is 0 Å². The maximum atomic E-state index is 3.76. The molecule has 146 valence electrons. The topological polar surface area (TPSA) is 25.0 Å². The molecule has 1 saturated carbocycles. The first kappa shape index (κ1) is 16.7. The number of nitrogens with zero attached hydrogens (tertiary/aromatic N) is 4. The van der Waals surface area contributed by atoms with E-state index in [4.69, 9.17) is 0 Å². The third kappa shape index (κ3) is 2.86. The van der Waals surface area contributed by atoms with Gasteiger partial charge in [0.05, 0.1) is 0 Å². The monoisotopic (exact) mass is 359 g/mol. The van der Waals surface area contributed by atoms with Crippen molar-refractivity contribution in [1.29, 1.82) is 0 Å². The summed E-state index contributed by atoms with van der Waals surface area (Å²) in [6.45, 7) is 10.7. The number of piperazine rings is 2. The molecule has 0 aromatic rings. The second-order valence-corrected chi connectivity index (χ2v) is 10.5. The zero-order chi connectivity index (χ0) is 17.3. The Bertz CT molecular complexity index is 528. The van der Waals surface area contributed by atoms with Crippen molar-refractivity contribution >= 4 is 0 Å². The van der Waals surface area contributed by atoms with Crippen LogP contribution in [0.15, 0.2) is 0 Å². The Kier molecular flexibility index (Phi) is 4.13. The summed E-state index contributed by atoms with van der Waals surface area (Å²) in [4.78, 5) is 11.1. The van der Waals surface area contributed by atoms with Crippen LogP contribution in [0.2, 0.25) is 0 Å². The Morgan fingerprint density at radius 3 is 2.27 bits per heavy atom. The minimum absolute atomic E-state index is 0.791. The molecule has 5 nitrogen and oxygen atoms in total. The third-order valence-electron chi connectivity index (χ3n) is 8.80. The van der Waals surface area contributed by atoms with Gasteiger partial charge in [-0.2, -0.15) is 0 Å². The summed E-state index contributed by atoms with van der Waals surface area (Å²) in [5.41, 5.74) is 0. The Labute approximate surface area is 159 Å². The number of likely N-dealkylation sites (tertiary alicyclic amines) is 4. The first-order chi connectivity index (χ1) is 12.7. The minimum atomic E-state index is 0.791. The van der Waals surface area contributed by atoms with Crippen molar-refractivity contribution in [2.45, 2.75) is 62.3 Å². The van der Waals surface area contributed by atoms with Gasteiger partial charge in [-0.25, -0.2) is 0 Å². The van der Waals surface area contributed by atoms with E-state index in [9.17, 15) is 0 Å². The van der Waals surface area contributed by atoms with Gasteiger partial charge < -0.3 is 10.2 Å². The van der Waals surface area contributed by atoms with Crippen LogP contribution in [0.4, 0.5) is 0 Å². The summed E-state index contributed by atoms with van der Waals surface area (Å²) in [6, 6.07) is 4.20. The fourth-order valence-electron chi connectivity index (χ4n) is 7.61. The molecule has 5 aliphatic heterocycles. The Morgan fingerprint density at radius 1 is 0.808 bits per heavy atom. The van der Waals surface area contributed by atoms with E-state index < -0.39 is 0 Å². The zero-order valence-electron chi connectivity index (χ0n) is 16.5. The molecule has 0 spiro atoms. The number of hydrogen-bond donors (Lipinski definition) is 1. The van der Waals surface area contributed by atoms with Crippen molar-refractivity contribution in [3.63, 3.8) is 0 Å². The SMILES string of the molecule is CN1CC2CC(CN3CC4CC3CN4CCN3CC4CCC(C3)N4)C1C2. The predicted octanol–water partition coefficient (Wildman–Crippen LogP) is 0.521. The normalized spacial score (nSPS) is 49.0. The molecule has 5 saturated heterocycles. The fourth-order valence-corrected chi connectivity index (χ4v) is 7.61. The Balaban J connectivity index is 0.987. The maximum Gasteiger partial charge on any atom is 0.0239 e. The van der Waals surface area contributed by atoms with Gasteiger partial charge in [-0.15, -0.1) is 0 Å². The van der Waals surface area contributed by atoms with Crippen molar-refractivity contribution in [2.24, 2.45) is 11.8 Å². The molecule has 7 atom stereocenters. The molecule has 1 aliphatic carbocycles. The molecule has 6 rings (SSSR count). The molecule has 1 N–H and O–H groups in total. The molecule has 26 heavy (non-hydrogen) atoms. The number of hydrogen-bond acceptors (Lipinski definition) is 5. The van der Waals surface area contributed by atoms with Crippen LogP contribution in [0, 0.1) is 11.8 Å². The quantitative estimate of drug-likeness (QED) is 0.772. The van der Waals surface area contributed by atoms with E-state index in [0.717, 1.165) is 42.0 Å². The molecule has 5 heterocycles. The lowest BCUT2D eigenvalue weighted by molar-refractivity contribution is 0.0788. The van der Waals surface area contributed by atoms with Crippen LogP contribution >= 0.6 is 0 Å². The van der Waals surface area contributed by atoms with Crippen LogP contribution in [0.5, 0.6) is 0 Å².